The van der Waals surface area contributed by atoms with Crippen LogP contribution in [0, 0.1) is 0 Å². The number of hydrogen-bond acceptors (Lipinski definition) is 9. The molecule has 1 saturated heterocycles. The van der Waals surface area contributed by atoms with Crippen molar-refractivity contribution >= 4 is 5.91 Å². The Kier molecular flexibility index (Phi) is 30.5. The first-order valence-corrected chi connectivity index (χ1v) is 20.8. The van der Waals surface area contributed by atoms with Gasteiger partial charge in [0.25, 0.3) is 0 Å². The normalized spacial score (nSPS) is 22.8. The third kappa shape index (κ3) is 23.2. The largest absolute Gasteiger partial charge is 0.394 e. The van der Waals surface area contributed by atoms with Crippen LogP contribution in [-0.4, -0.2) is 98.7 Å². The quantitative estimate of drug-likeness (QED) is 0.0220. The highest BCUT2D eigenvalue weighted by molar-refractivity contribution is 5.80. The summed E-state index contributed by atoms with van der Waals surface area (Å²) in [6.07, 6.45) is 28.2. The molecule has 10 heteroatoms. The molecule has 0 radical (unpaired) electrons. The van der Waals surface area contributed by atoms with Gasteiger partial charge in [-0.3, -0.25) is 4.79 Å². The highest BCUT2D eigenvalue weighted by Gasteiger charge is 2.44. The Morgan fingerprint density at radius 2 is 1.17 bits per heavy atom. The first-order valence-electron chi connectivity index (χ1n) is 20.8. The van der Waals surface area contributed by atoms with Gasteiger partial charge in [-0.25, -0.2) is 0 Å². The maximum atomic E-state index is 12.9. The summed E-state index contributed by atoms with van der Waals surface area (Å²) < 4.78 is 11.1. The lowest BCUT2D eigenvalue weighted by Crippen LogP contribution is -2.60. The molecule has 0 bridgehead atoms. The number of aliphatic hydroxyl groups is 6. The van der Waals surface area contributed by atoms with Crippen molar-refractivity contribution in [2.24, 2.45) is 0 Å². The van der Waals surface area contributed by atoms with Gasteiger partial charge in [0.1, 0.15) is 30.5 Å². The highest BCUT2D eigenvalue weighted by Crippen LogP contribution is 2.22. The molecule has 1 rings (SSSR count). The lowest BCUT2D eigenvalue weighted by atomic mass is 9.99. The number of hydrogen-bond donors (Lipinski definition) is 7. The van der Waals surface area contributed by atoms with Crippen LogP contribution in [0.1, 0.15) is 162 Å². The monoisotopic (exact) mass is 740 g/mol. The van der Waals surface area contributed by atoms with Crippen molar-refractivity contribution in [3.8, 4) is 0 Å². The predicted octanol–water partition coefficient (Wildman–Crippen LogP) is 6.69. The van der Waals surface area contributed by atoms with Crippen LogP contribution < -0.4 is 5.32 Å². The standard InChI is InChI=1S/C42H77NO9/c1-3-5-7-9-11-13-14-15-16-17-18-19-20-21-23-24-26-28-30-35(45)34(33-51-42-40(49)39(48)38(47)37(32-44)52-42)43-41(50)36(46)31-29-27-25-22-12-10-8-6-4-2/h19-21,23,28,30,34-40,42,44-49H,3-18,22,24-27,29,31-33H2,1-2H3,(H,43,50)/b20-19+,23-21+,30-28+/t34-,35+,36+,37+,38+,39-,40+,42+/m0/s1. The van der Waals surface area contributed by atoms with Gasteiger partial charge >= 0.3 is 0 Å². The van der Waals surface area contributed by atoms with Gasteiger partial charge in [0, 0.05) is 0 Å². The topological polar surface area (TPSA) is 169 Å². The lowest BCUT2D eigenvalue weighted by Gasteiger charge is -2.40. The zero-order chi connectivity index (χ0) is 38.2. The number of aliphatic hydroxyl groups excluding tert-OH is 6. The van der Waals surface area contributed by atoms with Crippen LogP contribution in [0.15, 0.2) is 36.5 Å². The Bertz CT molecular complexity index is 927. The molecule has 8 atom stereocenters. The van der Waals surface area contributed by atoms with Crippen LogP contribution >= 0.6 is 0 Å². The number of rotatable bonds is 33. The Hall–Kier alpha value is -1.63. The molecule has 0 aliphatic carbocycles. The number of carbonyl (C=O) groups is 1. The van der Waals surface area contributed by atoms with Crippen LogP contribution in [-0.2, 0) is 14.3 Å². The second kappa shape index (κ2) is 32.8. The van der Waals surface area contributed by atoms with Gasteiger partial charge < -0.3 is 45.4 Å². The fourth-order valence-corrected chi connectivity index (χ4v) is 6.35. The van der Waals surface area contributed by atoms with Crippen molar-refractivity contribution in [3.05, 3.63) is 36.5 Å². The molecule has 1 fully saturated rings. The van der Waals surface area contributed by atoms with Crippen molar-refractivity contribution in [1.82, 2.24) is 5.32 Å². The zero-order valence-electron chi connectivity index (χ0n) is 32.7. The van der Waals surface area contributed by atoms with Gasteiger partial charge in [-0.2, -0.15) is 0 Å². The third-order valence-corrected chi connectivity index (χ3v) is 9.85. The molecule has 0 saturated carbocycles. The number of unbranched alkanes of at least 4 members (excludes halogenated alkanes) is 19. The number of ether oxygens (including phenoxy) is 2. The molecule has 1 aliphatic heterocycles. The summed E-state index contributed by atoms with van der Waals surface area (Å²) in [5.41, 5.74) is 0. The van der Waals surface area contributed by atoms with E-state index in [1.807, 2.05) is 12.2 Å². The van der Waals surface area contributed by atoms with Crippen molar-refractivity contribution in [3.63, 3.8) is 0 Å². The van der Waals surface area contributed by atoms with Crippen LogP contribution in [0.4, 0.5) is 0 Å². The van der Waals surface area contributed by atoms with Gasteiger partial charge in [-0.05, 0) is 32.1 Å². The van der Waals surface area contributed by atoms with Crippen molar-refractivity contribution < 1.29 is 44.9 Å². The molecule has 0 unspecified atom stereocenters. The molecular weight excluding hydrogens is 662 g/mol. The third-order valence-electron chi connectivity index (χ3n) is 9.85. The van der Waals surface area contributed by atoms with E-state index in [0.717, 1.165) is 32.1 Å². The zero-order valence-corrected chi connectivity index (χ0v) is 32.7. The summed E-state index contributed by atoms with van der Waals surface area (Å²) in [5.74, 6) is -0.637. The minimum Gasteiger partial charge on any atom is -0.394 e. The Labute approximate surface area is 315 Å². The number of carbonyl (C=O) groups excluding carboxylic acids is 1. The molecule has 0 aromatic rings. The maximum absolute atomic E-state index is 12.9. The van der Waals surface area contributed by atoms with E-state index in [2.05, 4.69) is 37.4 Å². The summed E-state index contributed by atoms with van der Waals surface area (Å²) in [6.45, 7) is 3.52. The average Bonchev–Trinajstić information content (AvgIpc) is 3.14. The summed E-state index contributed by atoms with van der Waals surface area (Å²) in [7, 11) is 0. The SMILES string of the molecule is CCCCCCCCCCCC/C=C/C=C/CC/C=C/[C@@H](O)[C@H](CO[C@@H]1O[C@H](CO)[C@@H](O)[C@H](O)[C@H]1O)NC(=O)[C@H](O)CCCCCCCCCCC. The minimum absolute atomic E-state index is 0.300. The molecule has 0 spiro atoms. The van der Waals surface area contributed by atoms with E-state index in [4.69, 9.17) is 9.47 Å². The molecule has 0 aromatic heterocycles. The fourth-order valence-electron chi connectivity index (χ4n) is 6.35. The van der Waals surface area contributed by atoms with Gasteiger partial charge in [0.05, 0.1) is 25.4 Å². The van der Waals surface area contributed by atoms with Gasteiger partial charge in [0.2, 0.25) is 5.91 Å². The van der Waals surface area contributed by atoms with E-state index in [9.17, 15) is 35.4 Å². The fraction of sp³-hybridized carbons (Fsp3) is 0.833. The molecule has 52 heavy (non-hydrogen) atoms. The van der Waals surface area contributed by atoms with E-state index < -0.39 is 61.5 Å². The second-order valence-corrected chi connectivity index (χ2v) is 14.6. The van der Waals surface area contributed by atoms with Crippen LogP contribution in [0.25, 0.3) is 0 Å². The second-order valence-electron chi connectivity index (χ2n) is 14.6. The maximum Gasteiger partial charge on any atom is 0.249 e. The molecule has 7 N–H and O–H groups in total. The van der Waals surface area contributed by atoms with E-state index in [1.54, 1.807) is 6.08 Å². The predicted molar refractivity (Wildman–Crippen MR) is 209 cm³/mol. The van der Waals surface area contributed by atoms with Gasteiger partial charge in [0.15, 0.2) is 6.29 Å². The molecule has 304 valence electrons. The lowest BCUT2D eigenvalue weighted by molar-refractivity contribution is -0.302. The van der Waals surface area contributed by atoms with E-state index in [0.29, 0.717) is 19.3 Å². The van der Waals surface area contributed by atoms with E-state index >= 15 is 0 Å². The number of nitrogens with one attached hydrogen (secondary N) is 1. The van der Waals surface area contributed by atoms with Gasteiger partial charge in [-0.15, -0.1) is 0 Å². The summed E-state index contributed by atoms with van der Waals surface area (Å²) in [4.78, 5) is 12.9. The van der Waals surface area contributed by atoms with Crippen molar-refractivity contribution in [2.75, 3.05) is 13.2 Å². The minimum atomic E-state index is -1.62. The van der Waals surface area contributed by atoms with Crippen molar-refractivity contribution in [1.29, 1.82) is 0 Å². The first kappa shape index (κ1) is 48.4. The van der Waals surface area contributed by atoms with Crippen LogP contribution in [0.3, 0.4) is 0 Å². The summed E-state index contributed by atoms with van der Waals surface area (Å²) in [6, 6.07) is -1.00. The molecule has 1 aliphatic rings. The van der Waals surface area contributed by atoms with E-state index in [-0.39, 0.29) is 6.61 Å². The molecule has 1 amide bonds. The first-order chi connectivity index (χ1) is 25.3. The highest BCUT2D eigenvalue weighted by atomic mass is 16.7. The summed E-state index contributed by atoms with van der Waals surface area (Å²) in [5, 5.41) is 64.3. The Morgan fingerprint density at radius 3 is 1.73 bits per heavy atom. The van der Waals surface area contributed by atoms with Crippen LogP contribution in [0.5, 0.6) is 0 Å². The molecule has 10 nitrogen and oxygen atoms in total. The molecular formula is C42H77NO9. The number of allylic oxidation sites excluding steroid dienone is 5. The van der Waals surface area contributed by atoms with Gasteiger partial charge in [-0.1, -0.05) is 166 Å². The van der Waals surface area contributed by atoms with E-state index in [1.165, 1.54) is 96.3 Å². The smallest absolute Gasteiger partial charge is 0.249 e. The summed E-state index contributed by atoms with van der Waals surface area (Å²) >= 11 is 0. The Morgan fingerprint density at radius 1 is 0.673 bits per heavy atom. The Balaban J connectivity index is 2.52. The molecule has 1 heterocycles. The molecule has 0 aromatic carbocycles. The van der Waals surface area contributed by atoms with Crippen LogP contribution in [0.2, 0.25) is 0 Å². The van der Waals surface area contributed by atoms with Crippen molar-refractivity contribution in [2.45, 2.75) is 210 Å². The number of amides is 1. The average molecular weight is 740 g/mol.